The second-order valence-corrected chi connectivity index (χ2v) is 5.76. The van der Waals surface area contributed by atoms with E-state index in [4.69, 9.17) is 0 Å². The lowest BCUT2D eigenvalue weighted by Gasteiger charge is -2.33. The average molecular weight is 367 g/mol. The highest BCUT2D eigenvalue weighted by molar-refractivity contribution is 5.93. The third kappa shape index (κ3) is 3.62. The van der Waals surface area contributed by atoms with Gasteiger partial charge in [0.15, 0.2) is 5.69 Å². The summed E-state index contributed by atoms with van der Waals surface area (Å²) < 4.78 is 1.45. The molecular weight excluding hydrogens is 348 g/mol. The number of carbonyl (C=O) groups is 1. The van der Waals surface area contributed by atoms with Gasteiger partial charge in [0.2, 0.25) is 0 Å². The van der Waals surface area contributed by atoms with Crippen molar-refractivity contribution >= 4 is 24.0 Å². The predicted molar refractivity (Wildman–Crippen MR) is 93.4 cm³/mol. The average Bonchev–Trinajstić information content (AvgIpc) is 2.96. The van der Waals surface area contributed by atoms with Crippen molar-refractivity contribution in [3.05, 3.63) is 45.8 Å². The van der Waals surface area contributed by atoms with Crippen molar-refractivity contribution in [2.75, 3.05) is 19.6 Å². The summed E-state index contributed by atoms with van der Waals surface area (Å²) in [5.41, 5.74) is 1.30. The minimum atomic E-state index is -0.468. The van der Waals surface area contributed by atoms with Crippen LogP contribution in [-0.2, 0) is 0 Å². The van der Waals surface area contributed by atoms with Gasteiger partial charge in [-0.3, -0.25) is 14.9 Å². The summed E-state index contributed by atoms with van der Waals surface area (Å²) in [5.74, 6) is -0.168. The lowest BCUT2D eigenvalue weighted by molar-refractivity contribution is -0.384. The van der Waals surface area contributed by atoms with Crippen LogP contribution in [0.1, 0.15) is 23.1 Å². The van der Waals surface area contributed by atoms with Gasteiger partial charge in [0.1, 0.15) is 0 Å². The van der Waals surface area contributed by atoms with Crippen molar-refractivity contribution in [3.8, 4) is 5.69 Å². The summed E-state index contributed by atoms with van der Waals surface area (Å²) in [6, 6.07) is 6.16. The van der Waals surface area contributed by atoms with E-state index in [0.717, 1.165) is 13.1 Å². The van der Waals surface area contributed by atoms with Crippen LogP contribution in [0.4, 0.5) is 5.69 Å². The number of halogens is 1. The van der Waals surface area contributed by atoms with Gasteiger partial charge in [0, 0.05) is 37.8 Å². The third-order valence-electron chi connectivity index (χ3n) is 4.14. The summed E-state index contributed by atoms with van der Waals surface area (Å²) in [5, 5.41) is 22.2. The Bertz CT molecular complexity index is 793. The molecule has 1 fully saturated rings. The first-order valence-corrected chi connectivity index (χ1v) is 7.68. The van der Waals surface area contributed by atoms with Crippen LogP contribution >= 0.6 is 12.4 Å². The summed E-state index contributed by atoms with van der Waals surface area (Å²) in [6.45, 7) is 5.81. The van der Waals surface area contributed by atoms with E-state index in [-0.39, 0.29) is 35.7 Å². The molecule has 9 nitrogen and oxygen atoms in total. The van der Waals surface area contributed by atoms with Gasteiger partial charge < -0.3 is 10.2 Å². The fourth-order valence-corrected chi connectivity index (χ4v) is 2.79. The largest absolute Gasteiger partial charge is 0.332 e. The first kappa shape index (κ1) is 18.8. The number of benzene rings is 1. The zero-order valence-corrected chi connectivity index (χ0v) is 14.7. The van der Waals surface area contributed by atoms with Crippen molar-refractivity contribution in [1.29, 1.82) is 0 Å². The second-order valence-electron chi connectivity index (χ2n) is 5.76. The number of non-ortho nitro benzene ring substituents is 1. The number of nitrogens with one attached hydrogen (secondary N) is 1. The minimum absolute atomic E-state index is 0. The molecule has 1 atom stereocenters. The van der Waals surface area contributed by atoms with E-state index in [1.807, 2.05) is 6.92 Å². The highest BCUT2D eigenvalue weighted by atomic mass is 35.5. The van der Waals surface area contributed by atoms with Gasteiger partial charge in [-0.2, -0.15) is 0 Å². The number of hydrogen-bond acceptors (Lipinski definition) is 6. The topological polar surface area (TPSA) is 106 Å². The Labute approximate surface area is 150 Å². The van der Waals surface area contributed by atoms with Gasteiger partial charge in [-0.05, 0) is 19.9 Å². The maximum Gasteiger partial charge on any atom is 0.276 e. The van der Waals surface area contributed by atoms with Gasteiger partial charge in [0.05, 0.1) is 16.3 Å². The minimum Gasteiger partial charge on any atom is -0.332 e. The highest BCUT2D eigenvalue weighted by Gasteiger charge is 2.28. The van der Waals surface area contributed by atoms with Crippen molar-refractivity contribution in [1.82, 2.24) is 25.2 Å². The Balaban J connectivity index is 0.00000225. The molecule has 0 unspecified atom stereocenters. The molecule has 0 spiro atoms. The predicted octanol–water partition coefficient (Wildman–Crippen LogP) is 1.34. The molecule has 0 aliphatic carbocycles. The van der Waals surface area contributed by atoms with Crippen LogP contribution in [0, 0.1) is 17.0 Å². The number of amides is 1. The number of nitrogens with zero attached hydrogens (tertiary/aromatic N) is 5. The van der Waals surface area contributed by atoms with Crippen molar-refractivity contribution < 1.29 is 9.72 Å². The quantitative estimate of drug-likeness (QED) is 0.649. The van der Waals surface area contributed by atoms with Gasteiger partial charge in [-0.15, -0.1) is 17.5 Å². The Morgan fingerprint density at radius 3 is 2.88 bits per heavy atom. The van der Waals surface area contributed by atoms with Gasteiger partial charge >= 0.3 is 0 Å². The zero-order chi connectivity index (χ0) is 17.3. The van der Waals surface area contributed by atoms with Crippen LogP contribution in [0.5, 0.6) is 0 Å². The molecule has 0 saturated carbocycles. The summed E-state index contributed by atoms with van der Waals surface area (Å²) in [7, 11) is 0. The van der Waals surface area contributed by atoms with Crippen LogP contribution in [0.3, 0.4) is 0 Å². The van der Waals surface area contributed by atoms with Crippen molar-refractivity contribution in [2.45, 2.75) is 19.9 Å². The molecule has 1 aromatic carbocycles. The van der Waals surface area contributed by atoms with Crippen molar-refractivity contribution in [2.24, 2.45) is 0 Å². The molecule has 0 radical (unpaired) electrons. The maximum absolute atomic E-state index is 12.7. The molecule has 25 heavy (non-hydrogen) atoms. The lowest BCUT2D eigenvalue weighted by Crippen LogP contribution is -2.52. The molecule has 1 aliphatic rings. The van der Waals surface area contributed by atoms with Gasteiger partial charge in [-0.1, -0.05) is 11.3 Å². The standard InChI is InChI=1S/C15H18N6O3.ClH/c1-10-9-16-6-7-19(10)15(22)14-11(2)20(18-17-14)12-4-3-5-13(8-12)21(23)24;/h3-5,8,10,16H,6-7,9H2,1-2H3;1H/t10-;/m0./s1. The van der Waals surface area contributed by atoms with E-state index in [1.54, 1.807) is 24.0 Å². The smallest absolute Gasteiger partial charge is 0.276 e. The molecule has 10 heteroatoms. The van der Waals surface area contributed by atoms with E-state index in [0.29, 0.717) is 17.9 Å². The van der Waals surface area contributed by atoms with E-state index >= 15 is 0 Å². The molecule has 1 amide bonds. The summed E-state index contributed by atoms with van der Waals surface area (Å²) in [6.07, 6.45) is 0. The first-order valence-electron chi connectivity index (χ1n) is 7.68. The number of piperazine rings is 1. The van der Waals surface area contributed by atoms with Crippen molar-refractivity contribution in [3.63, 3.8) is 0 Å². The molecule has 1 aromatic heterocycles. The third-order valence-corrected chi connectivity index (χ3v) is 4.14. The molecule has 1 saturated heterocycles. The number of carbonyl (C=O) groups excluding carboxylic acids is 1. The molecule has 2 aromatic rings. The molecule has 134 valence electrons. The van der Waals surface area contributed by atoms with Gasteiger partial charge in [-0.25, -0.2) is 4.68 Å². The van der Waals surface area contributed by atoms with Crippen LogP contribution in [-0.4, -0.2) is 56.4 Å². The lowest BCUT2D eigenvalue weighted by atomic mass is 10.2. The molecule has 0 bridgehead atoms. The number of nitro benzene ring substituents is 1. The summed E-state index contributed by atoms with van der Waals surface area (Å²) in [4.78, 5) is 24.9. The monoisotopic (exact) mass is 366 g/mol. The maximum atomic E-state index is 12.7. The Hall–Kier alpha value is -2.52. The van der Waals surface area contributed by atoms with Crippen LogP contribution in [0.2, 0.25) is 0 Å². The fourth-order valence-electron chi connectivity index (χ4n) is 2.79. The molecule has 1 N–H and O–H groups in total. The van der Waals surface area contributed by atoms with Crippen LogP contribution in [0.15, 0.2) is 24.3 Å². The Morgan fingerprint density at radius 2 is 2.20 bits per heavy atom. The second kappa shape index (κ2) is 7.58. The highest BCUT2D eigenvalue weighted by Crippen LogP contribution is 2.19. The number of rotatable bonds is 3. The van der Waals surface area contributed by atoms with Crippen LogP contribution < -0.4 is 5.32 Å². The van der Waals surface area contributed by atoms with E-state index in [9.17, 15) is 14.9 Å². The first-order chi connectivity index (χ1) is 11.5. The molecule has 1 aliphatic heterocycles. The van der Waals surface area contributed by atoms with E-state index < -0.39 is 4.92 Å². The Morgan fingerprint density at radius 1 is 1.44 bits per heavy atom. The van der Waals surface area contributed by atoms with Gasteiger partial charge in [0.25, 0.3) is 11.6 Å². The number of aromatic nitrogens is 3. The molecular formula is C15H19ClN6O3. The fraction of sp³-hybridized carbons (Fsp3) is 0.400. The Kier molecular flexibility index (Phi) is 5.70. The summed E-state index contributed by atoms with van der Waals surface area (Å²) >= 11 is 0. The molecule has 3 rings (SSSR count). The number of hydrogen-bond donors (Lipinski definition) is 1. The normalized spacial score (nSPS) is 17.0. The van der Waals surface area contributed by atoms with E-state index in [1.165, 1.54) is 16.8 Å². The number of nitro groups is 1. The van der Waals surface area contributed by atoms with E-state index in [2.05, 4.69) is 15.6 Å². The molecule has 2 heterocycles. The SMILES string of the molecule is Cc1c(C(=O)N2CCNC[C@@H]2C)nnn1-c1cccc([N+](=O)[O-])c1.Cl. The van der Waals surface area contributed by atoms with Crippen LogP contribution in [0.25, 0.3) is 5.69 Å². The zero-order valence-electron chi connectivity index (χ0n) is 13.9.